The zero-order chi connectivity index (χ0) is 22.5. The van der Waals surface area contributed by atoms with Gasteiger partial charge in [0.1, 0.15) is 6.61 Å². The van der Waals surface area contributed by atoms with E-state index in [1.165, 1.54) is 22.1 Å². The Bertz CT molecular complexity index is 1000. The van der Waals surface area contributed by atoms with Crippen LogP contribution in [-0.4, -0.2) is 54.2 Å². The fourth-order valence-electron chi connectivity index (χ4n) is 4.44. The standard InChI is InChI=1S/C25H26N2O5/c28-23(27-14-6-7-17(15-27)24(29)30)12-5-13-26-25(31)32-16-22-20-10-3-1-8-18(20)19-9-2-4-11-21(19)22/h1-5,8-12,17,22H,6-7,13-16H2,(H,26,31)(H,29,30)/b12-5+/t17-/m1/s1. The third kappa shape index (κ3) is 4.66. The Morgan fingerprint density at radius 2 is 1.72 bits per heavy atom. The molecule has 0 aromatic heterocycles. The fraction of sp³-hybridized carbons (Fsp3) is 0.320. The second-order valence-electron chi connectivity index (χ2n) is 8.07. The maximum absolute atomic E-state index is 12.2. The number of carboxylic acids is 1. The van der Waals surface area contributed by atoms with Gasteiger partial charge >= 0.3 is 12.1 Å². The first kappa shape index (κ1) is 21.6. The van der Waals surface area contributed by atoms with E-state index in [1.807, 2.05) is 24.3 Å². The number of alkyl carbamates (subject to hydrolysis) is 1. The number of amides is 2. The Labute approximate surface area is 186 Å². The Morgan fingerprint density at radius 1 is 1.06 bits per heavy atom. The lowest BCUT2D eigenvalue weighted by atomic mass is 9.98. The Morgan fingerprint density at radius 3 is 2.38 bits per heavy atom. The number of nitrogens with zero attached hydrogens (tertiary/aromatic N) is 1. The molecule has 0 bridgehead atoms. The van der Waals surface area contributed by atoms with E-state index in [2.05, 4.69) is 29.6 Å². The molecule has 7 heteroatoms. The maximum Gasteiger partial charge on any atom is 0.407 e. The molecule has 4 rings (SSSR count). The van der Waals surface area contributed by atoms with Gasteiger partial charge in [0.05, 0.1) is 5.92 Å². The van der Waals surface area contributed by atoms with Crippen LogP contribution in [0.1, 0.15) is 29.9 Å². The number of nitrogens with one attached hydrogen (secondary N) is 1. The number of aliphatic carboxylic acids is 1. The van der Waals surface area contributed by atoms with Gasteiger partial charge in [0.25, 0.3) is 0 Å². The van der Waals surface area contributed by atoms with Crippen LogP contribution in [0.4, 0.5) is 4.79 Å². The molecule has 2 aliphatic rings. The van der Waals surface area contributed by atoms with Crippen molar-refractivity contribution in [3.63, 3.8) is 0 Å². The molecule has 166 valence electrons. The lowest BCUT2D eigenvalue weighted by Crippen LogP contribution is -2.41. The van der Waals surface area contributed by atoms with Gasteiger partial charge in [0.2, 0.25) is 5.91 Å². The molecular formula is C25H26N2O5. The van der Waals surface area contributed by atoms with Crippen molar-refractivity contribution in [3.8, 4) is 11.1 Å². The molecule has 1 fully saturated rings. The molecule has 1 atom stereocenters. The van der Waals surface area contributed by atoms with Gasteiger partial charge in [0, 0.05) is 31.6 Å². The third-order valence-electron chi connectivity index (χ3n) is 6.05. The van der Waals surface area contributed by atoms with Crippen LogP contribution in [0.25, 0.3) is 11.1 Å². The van der Waals surface area contributed by atoms with Crippen LogP contribution in [0.5, 0.6) is 0 Å². The molecule has 0 saturated carbocycles. The van der Waals surface area contributed by atoms with Gasteiger partial charge in [-0.15, -0.1) is 0 Å². The topological polar surface area (TPSA) is 95.9 Å². The van der Waals surface area contributed by atoms with Crippen molar-refractivity contribution in [1.29, 1.82) is 0 Å². The summed E-state index contributed by atoms with van der Waals surface area (Å²) in [5, 5.41) is 11.8. The molecule has 2 aromatic rings. The Hall–Kier alpha value is -3.61. The minimum absolute atomic E-state index is 0.00782. The van der Waals surface area contributed by atoms with Gasteiger partial charge in [0.15, 0.2) is 0 Å². The second kappa shape index (κ2) is 9.68. The van der Waals surface area contributed by atoms with Crippen LogP contribution in [0.2, 0.25) is 0 Å². The Kier molecular flexibility index (Phi) is 6.54. The van der Waals surface area contributed by atoms with Crippen LogP contribution in [-0.2, 0) is 14.3 Å². The van der Waals surface area contributed by atoms with Gasteiger partial charge in [-0.3, -0.25) is 9.59 Å². The number of hydrogen-bond acceptors (Lipinski definition) is 4. The number of carbonyl (C=O) groups is 3. The van der Waals surface area contributed by atoms with Crippen molar-refractivity contribution in [2.45, 2.75) is 18.8 Å². The van der Waals surface area contributed by atoms with Gasteiger partial charge < -0.3 is 20.1 Å². The summed E-state index contributed by atoms with van der Waals surface area (Å²) < 4.78 is 5.46. The third-order valence-corrected chi connectivity index (χ3v) is 6.05. The average molecular weight is 434 g/mol. The molecule has 7 nitrogen and oxygen atoms in total. The SMILES string of the molecule is O=C(NC/C=C/C(=O)N1CCC[C@@H](C(=O)O)C1)OCC1c2ccccc2-c2ccccc21. The summed E-state index contributed by atoms with van der Waals surface area (Å²) in [6.45, 7) is 1.15. The molecule has 2 aromatic carbocycles. The maximum atomic E-state index is 12.2. The highest BCUT2D eigenvalue weighted by atomic mass is 16.5. The lowest BCUT2D eigenvalue weighted by Gasteiger charge is -2.29. The minimum Gasteiger partial charge on any atom is -0.481 e. The summed E-state index contributed by atoms with van der Waals surface area (Å²) in [4.78, 5) is 37.1. The van der Waals surface area contributed by atoms with E-state index in [9.17, 15) is 14.4 Å². The smallest absolute Gasteiger partial charge is 0.407 e. The number of carboxylic acid groups (broad SMARTS) is 1. The van der Waals surface area contributed by atoms with Gasteiger partial charge in [-0.25, -0.2) is 4.79 Å². The molecule has 2 N–H and O–H groups in total. The zero-order valence-corrected chi connectivity index (χ0v) is 17.7. The largest absolute Gasteiger partial charge is 0.481 e. The number of ether oxygens (including phenoxy) is 1. The van der Waals surface area contributed by atoms with Crippen molar-refractivity contribution < 1.29 is 24.2 Å². The molecule has 1 saturated heterocycles. The van der Waals surface area contributed by atoms with Crippen molar-refractivity contribution in [1.82, 2.24) is 10.2 Å². The summed E-state index contributed by atoms with van der Waals surface area (Å²) >= 11 is 0. The summed E-state index contributed by atoms with van der Waals surface area (Å²) in [7, 11) is 0. The highest BCUT2D eigenvalue weighted by molar-refractivity contribution is 5.88. The highest BCUT2D eigenvalue weighted by Crippen LogP contribution is 2.44. The number of fused-ring (bicyclic) bond motifs is 3. The van der Waals surface area contributed by atoms with E-state index in [0.29, 0.717) is 19.4 Å². The highest BCUT2D eigenvalue weighted by Gasteiger charge is 2.29. The second-order valence-corrected chi connectivity index (χ2v) is 8.07. The molecule has 0 spiro atoms. The van der Waals surface area contributed by atoms with Crippen molar-refractivity contribution >= 4 is 18.0 Å². The van der Waals surface area contributed by atoms with Crippen LogP contribution in [0, 0.1) is 5.92 Å². The van der Waals surface area contributed by atoms with Gasteiger partial charge in [-0.2, -0.15) is 0 Å². The van der Waals surface area contributed by atoms with Crippen molar-refractivity contribution in [2.24, 2.45) is 5.92 Å². The molecular weight excluding hydrogens is 408 g/mol. The van der Waals surface area contributed by atoms with E-state index in [0.717, 1.165) is 11.1 Å². The van der Waals surface area contributed by atoms with Crippen molar-refractivity contribution in [2.75, 3.05) is 26.2 Å². The molecule has 1 heterocycles. The number of piperidine rings is 1. The first-order valence-corrected chi connectivity index (χ1v) is 10.8. The van der Waals surface area contributed by atoms with Crippen molar-refractivity contribution in [3.05, 3.63) is 71.8 Å². The summed E-state index contributed by atoms with van der Waals surface area (Å²) in [6, 6.07) is 16.3. The number of benzene rings is 2. The molecule has 1 aliphatic heterocycles. The molecule has 0 radical (unpaired) electrons. The first-order valence-electron chi connectivity index (χ1n) is 10.8. The summed E-state index contributed by atoms with van der Waals surface area (Å²) in [6.07, 6.45) is 3.64. The predicted molar refractivity (Wildman–Crippen MR) is 119 cm³/mol. The number of hydrogen-bond donors (Lipinski definition) is 2. The van der Waals surface area contributed by atoms with Gasteiger partial charge in [-0.1, -0.05) is 54.6 Å². The summed E-state index contributed by atoms with van der Waals surface area (Å²) in [5.74, 6) is -1.64. The normalized spacial score (nSPS) is 17.6. The summed E-state index contributed by atoms with van der Waals surface area (Å²) in [5.41, 5.74) is 4.63. The van der Waals surface area contributed by atoms with E-state index in [4.69, 9.17) is 9.84 Å². The van der Waals surface area contributed by atoms with E-state index < -0.39 is 18.0 Å². The van der Waals surface area contributed by atoms with Gasteiger partial charge in [-0.05, 0) is 35.1 Å². The lowest BCUT2D eigenvalue weighted by molar-refractivity contribution is -0.144. The predicted octanol–water partition coefficient (Wildman–Crippen LogP) is 3.40. The van der Waals surface area contributed by atoms with Crippen LogP contribution in [0.3, 0.4) is 0 Å². The van der Waals surface area contributed by atoms with E-state index >= 15 is 0 Å². The Balaban J connectivity index is 1.26. The zero-order valence-electron chi connectivity index (χ0n) is 17.7. The number of carbonyl (C=O) groups excluding carboxylic acids is 2. The minimum atomic E-state index is -0.872. The quantitative estimate of drug-likeness (QED) is 0.680. The fourth-order valence-corrected chi connectivity index (χ4v) is 4.44. The average Bonchev–Trinajstić information content (AvgIpc) is 3.14. The molecule has 1 aliphatic carbocycles. The van der Waals surface area contributed by atoms with Crippen LogP contribution >= 0.6 is 0 Å². The van der Waals surface area contributed by atoms with Crippen LogP contribution < -0.4 is 5.32 Å². The van der Waals surface area contributed by atoms with E-state index in [1.54, 1.807) is 6.08 Å². The number of rotatable bonds is 6. The monoisotopic (exact) mass is 434 g/mol. The molecule has 0 unspecified atom stereocenters. The van der Waals surface area contributed by atoms with Crippen LogP contribution in [0.15, 0.2) is 60.7 Å². The van der Waals surface area contributed by atoms with E-state index in [-0.39, 0.29) is 31.5 Å². The molecule has 2 amide bonds. The molecule has 32 heavy (non-hydrogen) atoms. The number of likely N-dealkylation sites (tertiary alicyclic amines) is 1. The first-order chi connectivity index (χ1) is 15.5.